The standard InChI is InChI=1S/C11H17ClN2/c1-8(2)9(3)7-14-10-4-5-13-11(12)6-10/h4-6,8-9H,7H2,1-3H3,(H,13,14). The van der Waals surface area contributed by atoms with Crippen LogP contribution in [0.25, 0.3) is 0 Å². The van der Waals surface area contributed by atoms with Gasteiger partial charge in [-0.2, -0.15) is 0 Å². The molecule has 0 saturated heterocycles. The molecule has 1 rings (SSSR count). The quantitative estimate of drug-likeness (QED) is 0.774. The molecule has 78 valence electrons. The molecular formula is C11H17ClN2. The summed E-state index contributed by atoms with van der Waals surface area (Å²) in [7, 11) is 0. The van der Waals surface area contributed by atoms with E-state index >= 15 is 0 Å². The number of nitrogens with one attached hydrogen (secondary N) is 1. The van der Waals surface area contributed by atoms with Crippen LogP contribution in [0.5, 0.6) is 0 Å². The highest BCUT2D eigenvalue weighted by molar-refractivity contribution is 6.29. The van der Waals surface area contributed by atoms with Crippen LogP contribution in [-0.4, -0.2) is 11.5 Å². The van der Waals surface area contributed by atoms with Gasteiger partial charge in [-0.05, 0) is 24.0 Å². The molecule has 1 atom stereocenters. The highest BCUT2D eigenvalue weighted by Crippen LogP contribution is 2.14. The van der Waals surface area contributed by atoms with E-state index < -0.39 is 0 Å². The number of pyridine rings is 1. The highest BCUT2D eigenvalue weighted by atomic mass is 35.5. The highest BCUT2D eigenvalue weighted by Gasteiger charge is 2.06. The maximum atomic E-state index is 5.77. The molecule has 14 heavy (non-hydrogen) atoms. The molecule has 2 nitrogen and oxygen atoms in total. The summed E-state index contributed by atoms with van der Waals surface area (Å²) in [5, 5.41) is 3.88. The number of aromatic nitrogens is 1. The second kappa shape index (κ2) is 5.20. The predicted molar refractivity (Wildman–Crippen MR) is 61.7 cm³/mol. The van der Waals surface area contributed by atoms with Gasteiger partial charge in [0, 0.05) is 18.4 Å². The van der Waals surface area contributed by atoms with Crippen LogP contribution in [0.3, 0.4) is 0 Å². The number of halogens is 1. The van der Waals surface area contributed by atoms with Gasteiger partial charge in [-0.1, -0.05) is 32.4 Å². The first-order valence-electron chi connectivity index (χ1n) is 4.95. The summed E-state index contributed by atoms with van der Waals surface area (Å²) in [4.78, 5) is 3.93. The largest absolute Gasteiger partial charge is 0.385 e. The molecule has 1 aromatic heterocycles. The van der Waals surface area contributed by atoms with Crippen molar-refractivity contribution in [2.75, 3.05) is 11.9 Å². The monoisotopic (exact) mass is 212 g/mol. The van der Waals surface area contributed by atoms with Crippen molar-refractivity contribution in [2.24, 2.45) is 11.8 Å². The normalized spacial score (nSPS) is 12.9. The average molecular weight is 213 g/mol. The molecule has 1 aromatic rings. The fourth-order valence-corrected chi connectivity index (χ4v) is 1.20. The fourth-order valence-electron chi connectivity index (χ4n) is 1.03. The van der Waals surface area contributed by atoms with E-state index in [1.54, 1.807) is 6.20 Å². The summed E-state index contributed by atoms with van der Waals surface area (Å²) in [6.45, 7) is 7.66. The lowest BCUT2D eigenvalue weighted by atomic mass is 9.98. The van der Waals surface area contributed by atoms with Crippen molar-refractivity contribution in [3.63, 3.8) is 0 Å². The Morgan fingerprint density at radius 1 is 1.43 bits per heavy atom. The van der Waals surface area contributed by atoms with Gasteiger partial charge in [-0.25, -0.2) is 4.98 Å². The Morgan fingerprint density at radius 3 is 2.71 bits per heavy atom. The third kappa shape index (κ3) is 3.54. The molecule has 0 fully saturated rings. The van der Waals surface area contributed by atoms with Crippen LogP contribution in [-0.2, 0) is 0 Å². The smallest absolute Gasteiger partial charge is 0.131 e. The van der Waals surface area contributed by atoms with Gasteiger partial charge in [0.1, 0.15) is 5.15 Å². The molecule has 0 aromatic carbocycles. The number of hydrogen-bond acceptors (Lipinski definition) is 2. The van der Waals surface area contributed by atoms with Crippen molar-refractivity contribution in [1.82, 2.24) is 4.98 Å². The van der Waals surface area contributed by atoms with Gasteiger partial charge in [-0.3, -0.25) is 0 Å². The van der Waals surface area contributed by atoms with Crippen LogP contribution >= 0.6 is 11.6 Å². The van der Waals surface area contributed by atoms with Gasteiger partial charge in [0.05, 0.1) is 0 Å². The van der Waals surface area contributed by atoms with Gasteiger partial charge >= 0.3 is 0 Å². The van der Waals surface area contributed by atoms with E-state index in [9.17, 15) is 0 Å². The van der Waals surface area contributed by atoms with Crippen LogP contribution in [0.15, 0.2) is 18.3 Å². The van der Waals surface area contributed by atoms with Crippen LogP contribution < -0.4 is 5.32 Å². The lowest BCUT2D eigenvalue weighted by Crippen LogP contribution is -2.16. The SMILES string of the molecule is CC(C)C(C)CNc1ccnc(Cl)c1. The zero-order chi connectivity index (χ0) is 10.6. The fraction of sp³-hybridized carbons (Fsp3) is 0.545. The molecule has 1 heterocycles. The van der Waals surface area contributed by atoms with Gasteiger partial charge in [0.15, 0.2) is 0 Å². The minimum Gasteiger partial charge on any atom is -0.385 e. The Balaban J connectivity index is 2.45. The number of hydrogen-bond donors (Lipinski definition) is 1. The van der Waals surface area contributed by atoms with E-state index in [4.69, 9.17) is 11.6 Å². The lowest BCUT2D eigenvalue weighted by Gasteiger charge is -2.16. The predicted octanol–water partition coefficient (Wildman–Crippen LogP) is 3.44. The van der Waals surface area contributed by atoms with E-state index in [0.29, 0.717) is 17.0 Å². The maximum absolute atomic E-state index is 5.77. The molecule has 0 saturated carbocycles. The van der Waals surface area contributed by atoms with Crippen LogP contribution in [0.2, 0.25) is 5.15 Å². The summed E-state index contributed by atoms with van der Waals surface area (Å²) in [6, 6.07) is 3.77. The van der Waals surface area contributed by atoms with Crippen molar-refractivity contribution >= 4 is 17.3 Å². The number of anilines is 1. The summed E-state index contributed by atoms with van der Waals surface area (Å²) < 4.78 is 0. The molecule has 0 spiro atoms. The van der Waals surface area contributed by atoms with Crippen LogP contribution in [0.1, 0.15) is 20.8 Å². The zero-order valence-electron chi connectivity index (χ0n) is 8.92. The Kier molecular flexibility index (Phi) is 4.21. The summed E-state index contributed by atoms with van der Waals surface area (Å²) in [5.74, 6) is 1.35. The number of rotatable bonds is 4. The molecule has 0 amide bonds. The Hall–Kier alpha value is -0.760. The summed E-state index contributed by atoms with van der Waals surface area (Å²) in [6.07, 6.45) is 1.71. The number of nitrogens with zero attached hydrogens (tertiary/aromatic N) is 1. The van der Waals surface area contributed by atoms with Gasteiger partial charge in [0.2, 0.25) is 0 Å². The molecule has 1 N–H and O–H groups in total. The summed E-state index contributed by atoms with van der Waals surface area (Å²) in [5.41, 5.74) is 1.04. The van der Waals surface area contributed by atoms with E-state index in [-0.39, 0.29) is 0 Å². The Bertz CT molecular complexity index is 286. The molecular weight excluding hydrogens is 196 g/mol. The molecule has 3 heteroatoms. The molecule has 1 unspecified atom stereocenters. The Morgan fingerprint density at radius 2 is 2.14 bits per heavy atom. The first kappa shape index (κ1) is 11.3. The minimum atomic E-state index is 0.534. The Labute approximate surface area is 90.7 Å². The second-order valence-corrected chi connectivity index (χ2v) is 4.36. The van der Waals surface area contributed by atoms with Crippen LogP contribution in [0, 0.1) is 11.8 Å². The van der Waals surface area contributed by atoms with E-state index in [0.717, 1.165) is 12.2 Å². The lowest BCUT2D eigenvalue weighted by molar-refractivity contribution is 0.440. The molecule has 0 aliphatic carbocycles. The second-order valence-electron chi connectivity index (χ2n) is 3.97. The van der Waals surface area contributed by atoms with Crippen molar-refractivity contribution in [3.8, 4) is 0 Å². The van der Waals surface area contributed by atoms with E-state index in [2.05, 4.69) is 31.1 Å². The van der Waals surface area contributed by atoms with E-state index in [1.165, 1.54) is 0 Å². The molecule has 0 radical (unpaired) electrons. The van der Waals surface area contributed by atoms with Crippen molar-refractivity contribution in [3.05, 3.63) is 23.5 Å². The zero-order valence-corrected chi connectivity index (χ0v) is 9.67. The summed E-state index contributed by atoms with van der Waals surface area (Å²) >= 11 is 5.77. The first-order valence-corrected chi connectivity index (χ1v) is 5.33. The molecule has 0 aliphatic heterocycles. The minimum absolute atomic E-state index is 0.534. The van der Waals surface area contributed by atoms with Crippen molar-refractivity contribution in [1.29, 1.82) is 0 Å². The third-order valence-electron chi connectivity index (χ3n) is 2.49. The average Bonchev–Trinajstić information content (AvgIpc) is 2.14. The maximum Gasteiger partial charge on any atom is 0.131 e. The van der Waals surface area contributed by atoms with Gasteiger partial charge in [0.25, 0.3) is 0 Å². The van der Waals surface area contributed by atoms with E-state index in [1.807, 2.05) is 12.1 Å². The third-order valence-corrected chi connectivity index (χ3v) is 2.70. The van der Waals surface area contributed by atoms with Gasteiger partial charge < -0.3 is 5.32 Å². The first-order chi connectivity index (χ1) is 6.59. The van der Waals surface area contributed by atoms with Crippen molar-refractivity contribution < 1.29 is 0 Å². The molecule has 0 aliphatic rings. The molecule has 0 bridgehead atoms. The van der Waals surface area contributed by atoms with Crippen LogP contribution in [0.4, 0.5) is 5.69 Å². The van der Waals surface area contributed by atoms with Gasteiger partial charge in [-0.15, -0.1) is 0 Å². The van der Waals surface area contributed by atoms with Crippen molar-refractivity contribution in [2.45, 2.75) is 20.8 Å². The topological polar surface area (TPSA) is 24.9 Å².